The number of methoxy groups -OCH3 is 1. The molecule has 0 bridgehead atoms. The first-order chi connectivity index (χ1) is 11.9. The maximum Gasteiger partial charge on any atom is 0.240 e. The highest BCUT2D eigenvalue weighted by Gasteiger charge is 2.25. The van der Waals surface area contributed by atoms with Crippen molar-refractivity contribution < 1.29 is 17.9 Å². The Morgan fingerprint density at radius 1 is 1.28 bits per heavy atom. The zero-order chi connectivity index (χ0) is 18.4. The number of hydrogen-bond donors (Lipinski definition) is 3. The van der Waals surface area contributed by atoms with E-state index in [0.717, 1.165) is 25.7 Å². The van der Waals surface area contributed by atoms with Crippen molar-refractivity contribution >= 4 is 15.9 Å². The van der Waals surface area contributed by atoms with Gasteiger partial charge in [-0.1, -0.05) is 6.92 Å². The third kappa shape index (κ3) is 5.42. The van der Waals surface area contributed by atoms with E-state index in [9.17, 15) is 13.2 Å². The third-order valence-corrected chi connectivity index (χ3v) is 5.97. The van der Waals surface area contributed by atoms with E-state index < -0.39 is 10.0 Å². The van der Waals surface area contributed by atoms with Gasteiger partial charge in [0.15, 0.2) is 0 Å². The van der Waals surface area contributed by atoms with Crippen LogP contribution in [0.15, 0.2) is 23.1 Å². The topological polar surface area (TPSA) is 111 Å². The normalized spacial score (nSPS) is 20.9. The van der Waals surface area contributed by atoms with E-state index in [1.807, 2.05) is 0 Å². The van der Waals surface area contributed by atoms with Crippen molar-refractivity contribution in [3.63, 3.8) is 0 Å². The minimum Gasteiger partial charge on any atom is -0.496 e. The highest BCUT2D eigenvalue weighted by atomic mass is 32.2. The van der Waals surface area contributed by atoms with Crippen LogP contribution in [0, 0.1) is 0 Å². The van der Waals surface area contributed by atoms with Gasteiger partial charge >= 0.3 is 0 Å². The number of sulfonamides is 1. The predicted molar refractivity (Wildman–Crippen MR) is 95.7 cm³/mol. The van der Waals surface area contributed by atoms with Crippen LogP contribution >= 0.6 is 0 Å². The van der Waals surface area contributed by atoms with Gasteiger partial charge in [0.1, 0.15) is 5.75 Å². The number of carbonyl (C=O) groups is 1. The van der Waals surface area contributed by atoms with Crippen LogP contribution in [0.25, 0.3) is 0 Å². The van der Waals surface area contributed by atoms with E-state index >= 15 is 0 Å². The third-order valence-electron chi connectivity index (χ3n) is 4.45. The minimum absolute atomic E-state index is 0.0878. The van der Waals surface area contributed by atoms with Gasteiger partial charge in [0.25, 0.3) is 0 Å². The molecule has 1 saturated carbocycles. The van der Waals surface area contributed by atoms with E-state index in [2.05, 4.69) is 10.0 Å². The molecule has 8 heteroatoms. The van der Waals surface area contributed by atoms with Crippen LogP contribution in [-0.4, -0.2) is 33.5 Å². The van der Waals surface area contributed by atoms with Gasteiger partial charge in [-0.15, -0.1) is 0 Å². The first kappa shape index (κ1) is 19.7. The molecule has 0 unspecified atom stereocenters. The molecular weight excluding hydrogens is 342 g/mol. The Morgan fingerprint density at radius 3 is 2.56 bits per heavy atom. The second-order valence-electron chi connectivity index (χ2n) is 6.34. The standard InChI is InChI=1S/C17H27N3O4S/c1-3-17(21)19-11-12-10-15(8-9-16(12)24-2)25(22,23)20-14-6-4-13(18)5-7-14/h8-10,13-14,20H,3-7,11,18H2,1-2H3,(H,19,21). The molecule has 1 aromatic rings. The zero-order valence-electron chi connectivity index (χ0n) is 14.7. The molecule has 1 fully saturated rings. The van der Waals surface area contributed by atoms with Crippen molar-refractivity contribution in [1.29, 1.82) is 0 Å². The number of nitrogens with one attached hydrogen (secondary N) is 2. The number of benzene rings is 1. The van der Waals surface area contributed by atoms with Gasteiger partial charge in [-0.2, -0.15) is 0 Å². The molecular formula is C17H27N3O4S. The summed E-state index contributed by atoms with van der Waals surface area (Å²) < 4.78 is 33.3. The van der Waals surface area contributed by atoms with Gasteiger partial charge in [-0.25, -0.2) is 13.1 Å². The average molecular weight is 369 g/mol. The molecule has 25 heavy (non-hydrogen) atoms. The van der Waals surface area contributed by atoms with E-state index in [1.54, 1.807) is 19.1 Å². The first-order valence-electron chi connectivity index (χ1n) is 8.57. The minimum atomic E-state index is -3.63. The van der Waals surface area contributed by atoms with Gasteiger partial charge in [-0.05, 0) is 43.9 Å². The molecule has 1 aliphatic rings. The zero-order valence-corrected chi connectivity index (χ0v) is 15.6. The molecule has 0 heterocycles. The summed E-state index contributed by atoms with van der Waals surface area (Å²) >= 11 is 0. The van der Waals surface area contributed by atoms with Crippen LogP contribution in [-0.2, 0) is 21.4 Å². The van der Waals surface area contributed by atoms with Crippen LogP contribution in [0.2, 0.25) is 0 Å². The van der Waals surface area contributed by atoms with Gasteiger partial charge in [0.05, 0.1) is 12.0 Å². The van der Waals surface area contributed by atoms with Gasteiger partial charge in [0.2, 0.25) is 15.9 Å². The van der Waals surface area contributed by atoms with Crippen LogP contribution in [0.3, 0.4) is 0 Å². The number of carbonyl (C=O) groups excluding carboxylic acids is 1. The molecule has 140 valence electrons. The summed E-state index contributed by atoms with van der Waals surface area (Å²) in [5.41, 5.74) is 6.49. The fourth-order valence-electron chi connectivity index (χ4n) is 2.90. The summed E-state index contributed by atoms with van der Waals surface area (Å²) in [6.07, 6.45) is 3.51. The molecule has 1 aromatic carbocycles. The lowest BCUT2D eigenvalue weighted by Gasteiger charge is -2.26. The first-order valence-corrected chi connectivity index (χ1v) is 10.1. The lowest BCUT2D eigenvalue weighted by Crippen LogP contribution is -2.40. The molecule has 1 amide bonds. The van der Waals surface area contributed by atoms with Crippen molar-refractivity contribution in [3.8, 4) is 5.75 Å². The molecule has 0 radical (unpaired) electrons. The molecule has 0 aromatic heterocycles. The van der Waals surface area contributed by atoms with Crippen molar-refractivity contribution in [2.75, 3.05) is 7.11 Å². The van der Waals surface area contributed by atoms with E-state index in [-0.39, 0.29) is 29.4 Å². The molecule has 2 rings (SSSR count). The Balaban J connectivity index is 2.15. The summed E-state index contributed by atoms with van der Waals surface area (Å²) in [6.45, 7) is 1.98. The van der Waals surface area contributed by atoms with Crippen LogP contribution in [0.5, 0.6) is 5.75 Å². The Morgan fingerprint density at radius 2 is 1.96 bits per heavy atom. The summed E-state index contributed by atoms with van der Waals surface area (Å²) in [4.78, 5) is 11.6. The number of amides is 1. The van der Waals surface area contributed by atoms with Crippen molar-refractivity contribution in [1.82, 2.24) is 10.0 Å². The average Bonchev–Trinajstić information content (AvgIpc) is 2.61. The second-order valence-corrected chi connectivity index (χ2v) is 8.05. The molecule has 0 aliphatic heterocycles. The van der Waals surface area contributed by atoms with Gasteiger partial charge < -0.3 is 15.8 Å². The highest BCUT2D eigenvalue weighted by Crippen LogP contribution is 2.24. The summed E-state index contributed by atoms with van der Waals surface area (Å²) in [5.74, 6) is 0.436. The number of ether oxygens (including phenoxy) is 1. The van der Waals surface area contributed by atoms with Crippen molar-refractivity contribution in [2.24, 2.45) is 5.73 Å². The number of nitrogens with two attached hydrogens (primary N) is 1. The van der Waals surface area contributed by atoms with Gasteiger partial charge in [0, 0.05) is 30.6 Å². The fraction of sp³-hybridized carbons (Fsp3) is 0.588. The maximum atomic E-state index is 12.7. The monoisotopic (exact) mass is 369 g/mol. The molecule has 7 nitrogen and oxygen atoms in total. The highest BCUT2D eigenvalue weighted by molar-refractivity contribution is 7.89. The molecule has 0 spiro atoms. The SMILES string of the molecule is CCC(=O)NCc1cc(S(=O)(=O)NC2CCC(N)CC2)ccc1OC. The summed E-state index contributed by atoms with van der Waals surface area (Å²) in [7, 11) is -2.12. The number of hydrogen-bond acceptors (Lipinski definition) is 5. The van der Waals surface area contributed by atoms with E-state index in [0.29, 0.717) is 17.7 Å². The lowest BCUT2D eigenvalue weighted by atomic mass is 9.93. The lowest BCUT2D eigenvalue weighted by molar-refractivity contribution is -0.120. The summed E-state index contributed by atoms with van der Waals surface area (Å²) in [5, 5.41) is 2.74. The van der Waals surface area contributed by atoms with E-state index in [1.165, 1.54) is 13.2 Å². The Kier molecular flexibility index (Phi) is 6.80. The summed E-state index contributed by atoms with van der Waals surface area (Å²) in [6, 6.07) is 4.75. The Bertz CT molecular complexity index is 698. The second kappa shape index (κ2) is 8.64. The largest absolute Gasteiger partial charge is 0.496 e. The van der Waals surface area contributed by atoms with Crippen LogP contribution in [0.4, 0.5) is 0 Å². The van der Waals surface area contributed by atoms with Crippen molar-refractivity contribution in [2.45, 2.75) is 62.6 Å². The Hall–Kier alpha value is -1.64. The number of rotatable bonds is 7. The Labute approximate surface area is 149 Å². The maximum absolute atomic E-state index is 12.7. The molecule has 4 N–H and O–H groups in total. The smallest absolute Gasteiger partial charge is 0.240 e. The fourth-order valence-corrected chi connectivity index (χ4v) is 4.26. The van der Waals surface area contributed by atoms with E-state index in [4.69, 9.17) is 10.5 Å². The van der Waals surface area contributed by atoms with Crippen LogP contribution in [0.1, 0.15) is 44.6 Å². The molecule has 1 aliphatic carbocycles. The quantitative estimate of drug-likeness (QED) is 0.670. The molecule has 0 atom stereocenters. The predicted octanol–water partition coefficient (Wildman–Crippen LogP) is 1.27. The van der Waals surface area contributed by atoms with Crippen molar-refractivity contribution in [3.05, 3.63) is 23.8 Å². The van der Waals surface area contributed by atoms with Crippen LogP contribution < -0.4 is 20.5 Å². The van der Waals surface area contributed by atoms with Gasteiger partial charge in [-0.3, -0.25) is 4.79 Å². The molecule has 0 saturated heterocycles.